The topological polar surface area (TPSA) is 58.6 Å². The fourth-order valence-corrected chi connectivity index (χ4v) is 3.00. The predicted molar refractivity (Wildman–Crippen MR) is 103 cm³/mol. The second-order valence-corrected chi connectivity index (χ2v) is 7.91. The van der Waals surface area contributed by atoms with E-state index in [1.807, 2.05) is 17.0 Å². The van der Waals surface area contributed by atoms with Crippen molar-refractivity contribution in [3.05, 3.63) is 29.8 Å². The molecule has 0 spiro atoms. The average molecular weight is 360 g/mol. The number of rotatable bonds is 8. The SMILES string of the molecule is CC(C)(C)c1ccc(OCCCC(=O)NCCC(=O)N2CCCC2)cc1. The number of ether oxygens (including phenoxy) is 1. The number of nitrogens with one attached hydrogen (secondary N) is 1. The second-order valence-electron chi connectivity index (χ2n) is 7.91. The minimum atomic E-state index is -0.0223. The van der Waals surface area contributed by atoms with Crippen molar-refractivity contribution in [2.75, 3.05) is 26.2 Å². The molecule has 5 nitrogen and oxygen atoms in total. The zero-order valence-electron chi connectivity index (χ0n) is 16.3. The molecule has 1 fully saturated rings. The van der Waals surface area contributed by atoms with E-state index in [2.05, 4.69) is 38.2 Å². The summed E-state index contributed by atoms with van der Waals surface area (Å²) in [5, 5.41) is 2.82. The van der Waals surface area contributed by atoms with Gasteiger partial charge in [-0.15, -0.1) is 0 Å². The van der Waals surface area contributed by atoms with Crippen molar-refractivity contribution >= 4 is 11.8 Å². The molecule has 0 aromatic heterocycles. The molecule has 26 heavy (non-hydrogen) atoms. The van der Waals surface area contributed by atoms with Crippen molar-refractivity contribution < 1.29 is 14.3 Å². The van der Waals surface area contributed by atoms with Crippen LogP contribution in [0, 0.1) is 0 Å². The molecule has 5 heteroatoms. The Kier molecular flexibility index (Phi) is 7.49. The van der Waals surface area contributed by atoms with Gasteiger partial charge in [0, 0.05) is 32.5 Å². The summed E-state index contributed by atoms with van der Waals surface area (Å²) in [4.78, 5) is 25.6. The van der Waals surface area contributed by atoms with Crippen LogP contribution in [0.5, 0.6) is 5.75 Å². The van der Waals surface area contributed by atoms with E-state index in [1.54, 1.807) is 0 Å². The zero-order valence-corrected chi connectivity index (χ0v) is 16.3. The Morgan fingerprint density at radius 2 is 1.73 bits per heavy atom. The molecule has 2 rings (SSSR count). The van der Waals surface area contributed by atoms with Gasteiger partial charge in [0.05, 0.1) is 6.61 Å². The first-order valence-corrected chi connectivity index (χ1v) is 9.64. The Hall–Kier alpha value is -2.04. The molecule has 0 saturated carbocycles. The number of nitrogens with zero attached hydrogens (tertiary/aromatic N) is 1. The summed E-state index contributed by atoms with van der Waals surface area (Å²) in [6.07, 6.45) is 3.65. The molecular formula is C21H32N2O3. The Morgan fingerprint density at radius 1 is 1.08 bits per heavy atom. The lowest BCUT2D eigenvalue weighted by atomic mass is 9.87. The van der Waals surface area contributed by atoms with Crippen LogP contribution in [0.3, 0.4) is 0 Å². The molecule has 1 N–H and O–H groups in total. The van der Waals surface area contributed by atoms with Crippen molar-refractivity contribution in [1.82, 2.24) is 10.2 Å². The molecule has 1 heterocycles. The summed E-state index contributed by atoms with van der Waals surface area (Å²) in [6.45, 7) is 9.19. The molecule has 0 aliphatic carbocycles. The standard InChI is InChI=1S/C21H32N2O3/c1-21(2,3)17-8-10-18(11-9-17)26-16-6-7-19(24)22-13-12-20(25)23-14-4-5-15-23/h8-11H,4-7,12-16H2,1-3H3,(H,22,24). The Labute approximate surface area is 157 Å². The van der Waals surface area contributed by atoms with Crippen molar-refractivity contribution in [2.45, 2.75) is 58.3 Å². The molecule has 0 unspecified atom stereocenters. The molecule has 1 saturated heterocycles. The van der Waals surface area contributed by atoms with Crippen LogP contribution in [0.2, 0.25) is 0 Å². The third kappa shape index (κ3) is 6.70. The van der Waals surface area contributed by atoms with Gasteiger partial charge in [0.1, 0.15) is 5.75 Å². The van der Waals surface area contributed by atoms with Crippen LogP contribution < -0.4 is 10.1 Å². The number of carbonyl (C=O) groups is 2. The normalized spacial score (nSPS) is 14.3. The number of hydrogen-bond acceptors (Lipinski definition) is 3. The Bertz CT molecular complexity index is 584. The maximum atomic E-state index is 11.9. The van der Waals surface area contributed by atoms with Crippen molar-refractivity contribution in [3.63, 3.8) is 0 Å². The third-order valence-corrected chi connectivity index (χ3v) is 4.66. The summed E-state index contributed by atoms with van der Waals surface area (Å²) in [5.41, 5.74) is 1.40. The van der Waals surface area contributed by atoms with E-state index in [4.69, 9.17) is 4.74 Å². The van der Waals surface area contributed by atoms with E-state index in [-0.39, 0.29) is 17.2 Å². The summed E-state index contributed by atoms with van der Waals surface area (Å²) < 4.78 is 5.69. The lowest BCUT2D eigenvalue weighted by molar-refractivity contribution is -0.130. The van der Waals surface area contributed by atoms with Gasteiger partial charge in [-0.3, -0.25) is 9.59 Å². The summed E-state index contributed by atoms with van der Waals surface area (Å²) in [7, 11) is 0. The molecule has 144 valence electrons. The van der Waals surface area contributed by atoms with Crippen LogP contribution in [0.25, 0.3) is 0 Å². The Balaban J connectivity index is 1.56. The van der Waals surface area contributed by atoms with Gasteiger partial charge in [0.15, 0.2) is 0 Å². The van der Waals surface area contributed by atoms with Crippen LogP contribution in [0.1, 0.15) is 58.4 Å². The quantitative estimate of drug-likeness (QED) is 0.724. The smallest absolute Gasteiger partial charge is 0.224 e. The molecule has 0 bridgehead atoms. The fraction of sp³-hybridized carbons (Fsp3) is 0.619. The molecular weight excluding hydrogens is 328 g/mol. The highest BCUT2D eigenvalue weighted by Crippen LogP contribution is 2.24. The molecule has 0 atom stereocenters. The number of likely N-dealkylation sites (tertiary alicyclic amines) is 1. The van der Waals surface area contributed by atoms with E-state index >= 15 is 0 Å². The van der Waals surface area contributed by atoms with Crippen LogP contribution in [-0.4, -0.2) is 43.0 Å². The summed E-state index contributed by atoms with van der Waals surface area (Å²) >= 11 is 0. The van der Waals surface area contributed by atoms with Crippen molar-refractivity contribution in [3.8, 4) is 5.75 Å². The third-order valence-electron chi connectivity index (χ3n) is 4.66. The molecule has 1 aromatic rings. The van der Waals surface area contributed by atoms with Gasteiger partial charge in [0.25, 0.3) is 0 Å². The van der Waals surface area contributed by atoms with Gasteiger partial charge >= 0.3 is 0 Å². The van der Waals surface area contributed by atoms with Crippen LogP contribution in [-0.2, 0) is 15.0 Å². The highest BCUT2D eigenvalue weighted by atomic mass is 16.5. The maximum Gasteiger partial charge on any atom is 0.224 e. The van der Waals surface area contributed by atoms with E-state index < -0.39 is 0 Å². The number of benzene rings is 1. The monoisotopic (exact) mass is 360 g/mol. The second kappa shape index (κ2) is 9.60. The first kappa shape index (κ1) is 20.3. The lowest BCUT2D eigenvalue weighted by Crippen LogP contribution is -2.32. The van der Waals surface area contributed by atoms with Crippen molar-refractivity contribution in [1.29, 1.82) is 0 Å². The molecule has 1 aliphatic rings. The van der Waals surface area contributed by atoms with Gasteiger partial charge < -0.3 is 15.0 Å². The van der Waals surface area contributed by atoms with Crippen molar-refractivity contribution in [2.24, 2.45) is 0 Å². The van der Waals surface area contributed by atoms with E-state index in [9.17, 15) is 9.59 Å². The van der Waals surface area contributed by atoms with Gasteiger partial charge in [-0.25, -0.2) is 0 Å². The van der Waals surface area contributed by atoms with Crippen LogP contribution in [0.4, 0.5) is 0 Å². The number of amides is 2. The summed E-state index contributed by atoms with van der Waals surface area (Å²) in [6, 6.07) is 8.12. The molecule has 1 aliphatic heterocycles. The fourth-order valence-electron chi connectivity index (χ4n) is 3.00. The van der Waals surface area contributed by atoms with E-state index in [0.29, 0.717) is 32.4 Å². The zero-order chi connectivity index (χ0) is 19.0. The number of hydrogen-bond donors (Lipinski definition) is 1. The highest BCUT2D eigenvalue weighted by molar-refractivity contribution is 5.79. The van der Waals surface area contributed by atoms with Gasteiger partial charge in [0.2, 0.25) is 11.8 Å². The first-order valence-electron chi connectivity index (χ1n) is 9.64. The minimum Gasteiger partial charge on any atom is -0.494 e. The van der Waals surface area contributed by atoms with E-state index in [0.717, 1.165) is 31.7 Å². The lowest BCUT2D eigenvalue weighted by Gasteiger charge is -2.19. The predicted octanol–water partition coefficient (Wildman–Crippen LogP) is 3.27. The molecule has 0 radical (unpaired) electrons. The van der Waals surface area contributed by atoms with Gasteiger partial charge in [-0.1, -0.05) is 32.9 Å². The molecule has 2 amide bonds. The largest absolute Gasteiger partial charge is 0.494 e. The summed E-state index contributed by atoms with van der Waals surface area (Å²) in [5.74, 6) is 0.949. The Morgan fingerprint density at radius 3 is 2.35 bits per heavy atom. The minimum absolute atomic E-state index is 0.0223. The number of carbonyl (C=O) groups excluding carboxylic acids is 2. The van der Waals surface area contributed by atoms with Crippen LogP contribution in [0.15, 0.2) is 24.3 Å². The average Bonchev–Trinajstić information content (AvgIpc) is 3.13. The maximum absolute atomic E-state index is 11.9. The van der Waals surface area contributed by atoms with Gasteiger partial charge in [-0.2, -0.15) is 0 Å². The van der Waals surface area contributed by atoms with Gasteiger partial charge in [-0.05, 0) is 42.4 Å². The molecule has 1 aromatic carbocycles. The first-order chi connectivity index (χ1) is 12.4. The van der Waals surface area contributed by atoms with E-state index in [1.165, 1.54) is 5.56 Å². The highest BCUT2D eigenvalue weighted by Gasteiger charge is 2.17. The van der Waals surface area contributed by atoms with Crippen LogP contribution >= 0.6 is 0 Å².